The molecule has 0 atom stereocenters. The number of benzene rings is 3. The first-order valence-electron chi connectivity index (χ1n) is 11.0. The highest BCUT2D eigenvalue weighted by Gasteiger charge is 2.31. The topological polar surface area (TPSA) is 66.9 Å². The number of carbonyl (C=O) groups is 1. The second kappa shape index (κ2) is 10.2. The summed E-state index contributed by atoms with van der Waals surface area (Å²) in [6, 6.07) is 26.4. The molecule has 172 valence electrons. The predicted molar refractivity (Wildman–Crippen MR) is 128 cm³/mol. The van der Waals surface area contributed by atoms with Crippen LogP contribution in [0.1, 0.15) is 23.5 Å². The first-order chi connectivity index (χ1) is 16.0. The van der Waals surface area contributed by atoms with Crippen molar-refractivity contribution in [3.8, 4) is 5.75 Å². The number of hydrogen-bond donors (Lipinski definition) is 0. The molecule has 3 aromatic carbocycles. The van der Waals surface area contributed by atoms with Crippen molar-refractivity contribution in [1.82, 2.24) is 9.21 Å². The fourth-order valence-corrected chi connectivity index (χ4v) is 5.60. The van der Waals surface area contributed by atoms with Gasteiger partial charge in [0.25, 0.3) is 0 Å². The molecule has 4 rings (SSSR count). The van der Waals surface area contributed by atoms with Crippen molar-refractivity contribution in [2.75, 3.05) is 33.3 Å². The standard InChI is InChI=1S/C26H28N2O4S/c1-32-23-12-14-24(15-13-23)33(30,31)28-18-16-27(17-19-28)26(29)20-25(21-8-4-2-5-9-21)22-10-6-3-7-11-22/h2-15,25H,16-20H2,1H3. The highest BCUT2D eigenvalue weighted by atomic mass is 32.2. The van der Waals surface area contributed by atoms with Gasteiger partial charge in [0.05, 0.1) is 12.0 Å². The van der Waals surface area contributed by atoms with Crippen LogP contribution in [-0.2, 0) is 14.8 Å². The van der Waals surface area contributed by atoms with E-state index in [0.29, 0.717) is 25.3 Å². The van der Waals surface area contributed by atoms with Crippen LogP contribution in [0.4, 0.5) is 0 Å². The molecule has 0 radical (unpaired) electrons. The first kappa shape index (κ1) is 23.0. The van der Waals surface area contributed by atoms with Crippen molar-refractivity contribution in [1.29, 1.82) is 0 Å². The van der Waals surface area contributed by atoms with E-state index in [1.54, 1.807) is 36.3 Å². The summed E-state index contributed by atoms with van der Waals surface area (Å²) >= 11 is 0. The van der Waals surface area contributed by atoms with E-state index in [-0.39, 0.29) is 29.8 Å². The summed E-state index contributed by atoms with van der Waals surface area (Å²) in [5.74, 6) is 0.603. The Hall–Kier alpha value is -3.16. The van der Waals surface area contributed by atoms with E-state index in [1.165, 1.54) is 4.31 Å². The molecule has 1 saturated heterocycles. The van der Waals surface area contributed by atoms with Crippen LogP contribution < -0.4 is 4.74 Å². The van der Waals surface area contributed by atoms with Gasteiger partial charge in [-0.2, -0.15) is 4.31 Å². The Labute approximate surface area is 195 Å². The molecule has 0 unspecified atom stereocenters. The first-order valence-corrected chi connectivity index (χ1v) is 12.4. The fourth-order valence-electron chi connectivity index (χ4n) is 4.18. The Bertz CT molecular complexity index is 1120. The van der Waals surface area contributed by atoms with Crippen LogP contribution in [0, 0.1) is 0 Å². The lowest BCUT2D eigenvalue weighted by Gasteiger charge is -2.35. The third-order valence-corrected chi connectivity index (χ3v) is 7.98. The van der Waals surface area contributed by atoms with Gasteiger partial charge < -0.3 is 9.64 Å². The lowest BCUT2D eigenvalue weighted by atomic mass is 9.88. The SMILES string of the molecule is COc1ccc(S(=O)(=O)N2CCN(C(=O)CC(c3ccccc3)c3ccccc3)CC2)cc1. The highest BCUT2D eigenvalue weighted by molar-refractivity contribution is 7.89. The molecule has 1 aliphatic heterocycles. The molecule has 3 aromatic rings. The molecule has 1 heterocycles. The Morgan fingerprint density at radius 2 is 1.33 bits per heavy atom. The van der Waals surface area contributed by atoms with Crippen molar-refractivity contribution in [3.63, 3.8) is 0 Å². The fraction of sp³-hybridized carbons (Fsp3) is 0.269. The van der Waals surface area contributed by atoms with E-state index in [0.717, 1.165) is 11.1 Å². The normalized spacial score (nSPS) is 14.9. The summed E-state index contributed by atoms with van der Waals surface area (Å²) in [6.45, 7) is 1.32. The molecular weight excluding hydrogens is 436 g/mol. The van der Waals surface area contributed by atoms with Gasteiger partial charge in [-0.05, 0) is 35.4 Å². The van der Waals surface area contributed by atoms with Crippen molar-refractivity contribution in [2.45, 2.75) is 17.2 Å². The summed E-state index contributed by atoms with van der Waals surface area (Å²) in [7, 11) is -2.06. The molecule has 0 spiro atoms. The van der Waals surface area contributed by atoms with Crippen LogP contribution in [0.2, 0.25) is 0 Å². The number of nitrogens with zero attached hydrogens (tertiary/aromatic N) is 2. The summed E-state index contributed by atoms with van der Waals surface area (Å²) in [5, 5.41) is 0. The molecule has 1 fully saturated rings. The smallest absolute Gasteiger partial charge is 0.243 e. The van der Waals surface area contributed by atoms with Crippen LogP contribution in [0.3, 0.4) is 0 Å². The number of carbonyl (C=O) groups excluding carboxylic acids is 1. The largest absolute Gasteiger partial charge is 0.497 e. The monoisotopic (exact) mass is 464 g/mol. The van der Waals surface area contributed by atoms with Gasteiger partial charge in [0.1, 0.15) is 5.75 Å². The molecule has 6 nitrogen and oxygen atoms in total. The minimum atomic E-state index is -3.61. The lowest BCUT2D eigenvalue weighted by molar-refractivity contribution is -0.132. The number of hydrogen-bond acceptors (Lipinski definition) is 4. The maximum absolute atomic E-state index is 13.2. The molecule has 0 aromatic heterocycles. The Balaban J connectivity index is 1.43. The molecule has 7 heteroatoms. The molecule has 0 saturated carbocycles. The van der Waals surface area contributed by atoms with E-state index in [2.05, 4.69) is 0 Å². The molecule has 0 aliphatic carbocycles. The maximum atomic E-state index is 13.2. The zero-order valence-corrected chi connectivity index (χ0v) is 19.4. The minimum Gasteiger partial charge on any atom is -0.497 e. The summed E-state index contributed by atoms with van der Waals surface area (Å²) < 4.78 is 32.5. The van der Waals surface area contributed by atoms with Gasteiger partial charge in [0.15, 0.2) is 0 Å². The second-order valence-electron chi connectivity index (χ2n) is 8.04. The van der Waals surface area contributed by atoms with Gasteiger partial charge in [-0.15, -0.1) is 0 Å². The average molecular weight is 465 g/mol. The van der Waals surface area contributed by atoms with Crippen molar-refractivity contribution >= 4 is 15.9 Å². The number of methoxy groups -OCH3 is 1. The van der Waals surface area contributed by atoms with Gasteiger partial charge >= 0.3 is 0 Å². The number of rotatable bonds is 7. The van der Waals surface area contributed by atoms with E-state index < -0.39 is 10.0 Å². The van der Waals surface area contributed by atoms with E-state index >= 15 is 0 Å². The zero-order chi connectivity index (χ0) is 23.3. The van der Waals surface area contributed by atoms with Gasteiger partial charge in [0.2, 0.25) is 15.9 Å². The Morgan fingerprint density at radius 1 is 0.818 bits per heavy atom. The molecular formula is C26H28N2O4S. The Kier molecular flexibility index (Phi) is 7.11. The molecule has 1 aliphatic rings. The lowest BCUT2D eigenvalue weighted by Crippen LogP contribution is -2.50. The van der Waals surface area contributed by atoms with Crippen LogP contribution in [-0.4, -0.2) is 56.8 Å². The van der Waals surface area contributed by atoms with E-state index in [4.69, 9.17) is 4.74 Å². The number of ether oxygens (including phenoxy) is 1. The molecule has 1 amide bonds. The van der Waals surface area contributed by atoms with Gasteiger partial charge in [0, 0.05) is 38.5 Å². The third kappa shape index (κ3) is 5.26. The zero-order valence-electron chi connectivity index (χ0n) is 18.6. The summed E-state index contributed by atoms with van der Waals surface area (Å²) in [4.78, 5) is 15.2. The third-order valence-electron chi connectivity index (χ3n) is 6.07. The van der Waals surface area contributed by atoms with E-state index in [1.807, 2.05) is 60.7 Å². The van der Waals surface area contributed by atoms with Crippen LogP contribution in [0.15, 0.2) is 89.8 Å². The predicted octanol–water partition coefficient (Wildman–Crippen LogP) is 3.75. The summed E-state index contributed by atoms with van der Waals surface area (Å²) in [5.41, 5.74) is 2.19. The van der Waals surface area contributed by atoms with Crippen molar-refractivity contribution in [3.05, 3.63) is 96.1 Å². The van der Waals surface area contributed by atoms with Gasteiger partial charge in [-0.1, -0.05) is 60.7 Å². The van der Waals surface area contributed by atoms with Crippen molar-refractivity contribution < 1.29 is 17.9 Å². The van der Waals surface area contributed by atoms with Crippen LogP contribution in [0.25, 0.3) is 0 Å². The summed E-state index contributed by atoms with van der Waals surface area (Å²) in [6.07, 6.45) is 0.346. The number of piperazine rings is 1. The average Bonchev–Trinajstić information content (AvgIpc) is 2.88. The van der Waals surface area contributed by atoms with E-state index in [9.17, 15) is 13.2 Å². The maximum Gasteiger partial charge on any atom is 0.243 e. The second-order valence-corrected chi connectivity index (χ2v) is 9.98. The number of amides is 1. The molecule has 33 heavy (non-hydrogen) atoms. The highest BCUT2D eigenvalue weighted by Crippen LogP contribution is 2.29. The van der Waals surface area contributed by atoms with Gasteiger partial charge in [-0.25, -0.2) is 8.42 Å². The molecule has 0 bridgehead atoms. The molecule has 0 N–H and O–H groups in total. The Morgan fingerprint density at radius 3 is 1.82 bits per heavy atom. The quantitative estimate of drug-likeness (QED) is 0.534. The van der Waals surface area contributed by atoms with Crippen LogP contribution in [0.5, 0.6) is 5.75 Å². The van der Waals surface area contributed by atoms with Crippen LogP contribution >= 0.6 is 0 Å². The minimum absolute atomic E-state index is 0.0363. The van der Waals surface area contributed by atoms with Gasteiger partial charge in [-0.3, -0.25) is 4.79 Å². The van der Waals surface area contributed by atoms with Crippen molar-refractivity contribution in [2.24, 2.45) is 0 Å². The number of sulfonamides is 1.